The highest BCUT2D eigenvalue weighted by molar-refractivity contribution is 7.90. The van der Waals surface area contributed by atoms with E-state index in [-0.39, 0.29) is 29.4 Å². The van der Waals surface area contributed by atoms with Gasteiger partial charge in [0.2, 0.25) is 0 Å². The van der Waals surface area contributed by atoms with Crippen molar-refractivity contribution >= 4 is 33.0 Å². The molecule has 0 aromatic heterocycles. The Morgan fingerprint density at radius 3 is 2.53 bits per heavy atom. The molecule has 0 radical (unpaired) electrons. The number of aliphatic carboxylic acids is 1. The normalized spacial score (nSPS) is 15.2. The van der Waals surface area contributed by atoms with E-state index < -0.39 is 15.8 Å². The molecule has 0 saturated heterocycles. The first-order valence-electron chi connectivity index (χ1n) is 11.0. The monoisotopic (exact) mass is 480 g/mol. The van der Waals surface area contributed by atoms with Gasteiger partial charge >= 0.3 is 5.97 Å². The molecule has 1 aliphatic heterocycles. The first-order chi connectivity index (χ1) is 16.2. The van der Waals surface area contributed by atoms with Crippen LogP contribution < -0.4 is 10.6 Å². The Hall–Kier alpha value is -3.65. The molecule has 178 valence electrons. The number of sulfone groups is 1. The number of anilines is 1. The van der Waals surface area contributed by atoms with E-state index >= 15 is 0 Å². The Morgan fingerprint density at radius 1 is 1.15 bits per heavy atom. The zero-order valence-electron chi connectivity index (χ0n) is 19.2. The van der Waals surface area contributed by atoms with E-state index in [4.69, 9.17) is 5.11 Å². The summed E-state index contributed by atoms with van der Waals surface area (Å²) in [4.78, 5) is 23.8. The summed E-state index contributed by atoms with van der Waals surface area (Å²) in [6.45, 7) is 3.86. The van der Waals surface area contributed by atoms with E-state index in [1.54, 1.807) is 42.5 Å². The van der Waals surface area contributed by atoms with Crippen LogP contribution in [0, 0.1) is 0 Å². The summed E-state index contributed by atoms with van der Waals surface area (Å²) >= 11 is 0. The van der Waals surface area contributed by atoms with Crippen LogP contribution >= 0.6 is 0 Å². The number of nitrogens with one attached hydrogen (secondary N) is 2. The quantitative estimate of drug-likeness (QED) is 0.427. The standard InChI is InChI=1S/C26H28N2O5S/c1-3-19(4-2)27-20(11-8-12-25(29)30)15-23-22-16-21(13-14-24(22)28-26(23)31)34(32,33)17-18-9-6-5-7-10-18/h3,5-7,9-11,13-16,27H,4,8,12,17H2,1-2H3,(H,28,31)(H,29,30)/b19-3-,20-11+,23-15-. The maximum atomic E-state index is 13.0. The van der Waals surface area contributed by atoms with Crippen LogP contribution in [0.4, 0.5) is 5.69 Å². The number of hydrogen-bond acceptors (Lipinski definition) is 5. The van der Waals surface area contributed by atoms with Crippen LogP contribution in [-0.2, 0) is 25.2 Å². The lowest BCUT2D eigenvalue weighted by atomic mass is 10.1. The summed E-state index contributed by atoms with van der Waals surface area (Å²) < 4.78 is 26.1. The van der Waals surface area contributed by atoms with Crippen molar-refractivity contribution in [2.24, 2.45) is 0 Å². The average molecular weight is 481 g/mol. The SMILES string of the molecule is C/C=C(/CC)NC(/C=C1\C(=O)Nc2ccc(S(=O)(=O)Cc3ccccc3)cc21)=C/CCC(=O)O. The minimum Gasteiger partial charge on any atom is -0.481 e. The molecule has 8 heteroatoms. The number of hydrogen-bond donors (Lipinski definition) is 3. The lowest BCUT2D eigenvalue weighted by Crippen LogP contribution is -2.13. The van der Waals surface area contributed by atoms with E-state index in [1.807, 2.05) is 26.0 Å². The fourth-order valence-electron chi connectivity index (χ4n) is 3.58. The Balaban J connectivity index is 1.98. The summed E-state index contributed by atoms with van der Waals surface area (Å²) in [5.41, 5.74) is 3.50. The number of carboxylic acids is 1. The molecule has 0 aliphatic carbocycles. The highest BCUT2D eigenvalue weighted by Gasteiger charge is 2.27. The molecule has 2 aromatic carbocycles. The molecule has 0 atom stereocenters. The average Bonchev–Trinajstić information content (AvgIpc) is 3.11. The van der Waals surface area contributed by atoms with E-state index in [1.165, 1.54) is 12.1 Å². The number of carboxylic acid groups (broad SMARTS) is 1. The van der Waals surface area contributed by atoms with Crippen molar-refractivity contribution < 1.29 is 23.1 Å². The van der Waals surface area contributed by atoms with Crippen LogP contribution in [-0.4, -0.2) is 25.4 Å². The second-order valence-electron chi connectivity index (χ2n) is 7.85. The van der Waals surface area contributed by atoms with Crippen molar-refractivity contribution in [3.63, 3.8) is 0 Å². The largest absolute Gasteiger partial charge is 0.481 e. The minimum absolute atomic E-state index is 0.0453. The number of amides is 1. The van der Waals surface area contributed by atoms with Gasteiger partial charge in [-0.05, 0) is 49.6 Å². The Kier molecular flexibility index (Phi) is 8.07. The van der Waals surface area contributed by atoms with Crippen molar-refractivity contribution in [1.82, 2.24) is 5.32 Å². The van der Waals surface area contributed by atoms with Crippen molar-refractivity contribution in [2.45, 2.75) is 43.8 Å². The highest BCUT2D eigenvalue weighted by Crippen LogP contribution is 2.35. The molecule has 0 unspecified atom stereocenters. The number of carbonyl (C=O) groups excluding carboxylic acids is 1. The molecule has 0 fully saturated rings. The zero-order valence-corrected chi connectivity index (χ0v) is 20.0. The summed E-state index contributed by atoms with van der Waals surface area (Å²) in [6, 6.07) is 13.5. The lowest BCUT2D eigenvalue weighted by molar-refractivity contribution is -0.136. The van der Waals surface area contributed by atoms with Gasteiger partial charge in [0.1, 0.15) is 0 Å². The summed E-state index contributed by atoms with van der Waals surface area (Å²) in [7, 11) is -3.63. The predicted molar refractivity (Wildman–Crippen MR) is 133 cm³/mol. The first-order valence-corrected chi connectivity index (χ1v) is 12.7. The van der Waals surface area contributed by atoms with Crippen LogP contribution in [0.2, 0.25) is 0 Å². The number of carbonyl (C=O) groups is 2. The highest BCUT2D eigenvalue weighted by atomic mass is 32.2. The molecule has 1 heterocycles. The third kappa shape index (κ3) is 6.23. The molecule has 0 bridgehead atoms. The van der Waals surface area contributed by atoms with E-state index in [0.717, 1.165) is 12.1 Å². The molecule has 2 aromatic rings. The van der Waals surface area contributed by atoms with Crippen molar-refractivity contribution in [3.05, 3.63) is 89.3 Å². The van der Waals surface area contributed by atoms with Gasteiger partial charge in [0, 0.05) is 29.1 Å². The Labute approximate surface area is 199 Å². The van der Waals surface area contributed by atoms with Gasteiger partial charge in [0.15, 0.2) is 9.84 Å². The summed E-state index contributed by atoms with van der Waals surface area (Å²) in [5.74, 6) is -1.41. The molecule has 3 rings (SSSR count). The van der Waals surface area contributed by atoms with Gasteiger partial charge in [-0.3, -0.25) is 9.59 Å². The van der Waals surface area contributed by atoms with E-state index in [2.05, 4.69) is 10.6 Å². The summed E-state index contributed by atoms with van der Waals surface area (Å²) in [5, 5.41) is 15.0. The molecule has 0 spiro atoms. The molecule has 0 saturated carbocycles. The second kappa shape index (κ2) is 11.0. The summed E-state index contributed by atoms with van der Waals surface area (Å²) in [6.07, 6.45) is 6.22. The number of benzene rings is 2. The maximum Gasteiger partial charge on any atom is 0.303 e. The molecule has 7 nitrogen and oxygen atoms in total. The van der Waals surface area contributed by atoms with Crippen LogP contribution in [0.15, 0.2) is 83.0 Å². The number of rotatable bonds is 10. The van der Waals surface area contributed by atoms with E-state index in [9.17, 15) is 18.0 Å². The minimum atomic E-state index is -3.63. The topological polar surface area (TPSA) is 113 Å². The van der Waals surface area contributed by atoms with Crippen LogP contribution in [0.1, 0.15) is 44.2 Å². The molecule has 3 N–H and O–H groups in total. The van der Waals surface area contributed by atoms with Gasteiger partial charge in [0.25, 0.3) is 5.91 Å². The third-order valence-corrected chi connectivity index (χ3v) is 7.07. The fraction of sp³-hybridized carbons (Fsp3) is 0.231. The van der Waals surface area contributed by atoms with Gasteiger partial charge in [-0.25, -0.2) is 8.42 Å². The third-order valence-electron chi connectivity index (χ3n) is 5.39. The van der Waals surface area contributed by atoms with Crippen molar-refractivity contribution in [3.8, 4) is 0 Å². The van der Waals surface area contributed by atoms with Gasteiger partial charge in [-0.15, -0.1) is 0 Å². The Bertz CT molecular complexity index is 1280. The van der Waals surface area contributed by atoms with Gasteiger partial charge in [-0.2, -0.15) is 0 Å². The van der Waals surface area contributed by atoms with Gasteiger partial charge < -0.3 is 15.7 Å². The maximum absolute atomic E-state index is 13.0. The van der Waals surface area contributed by atoms with Crippen molar-refractivity contribution in [2.75, 3.05) is 5.32 Å². The van der Waals surface area contributed by atoms with Gasteiger partial charge in [0.05, 0.1) is 16.2 Å². The van der Waals surface area contributed by atoms with Crippen molar-refractivity contribution in [1.29, 1.82) is 0 Å². The molecule has 1 amide bonds. The van der Waals surface area contributed by atoms with E-state index in [0.29, 0.717) is 28.1 Å². The Morgan fingerprint density at radius 2 is 1.88 bits per heavy atom. The van der Waals surface area contributed by atoms with Crippen LogP contribution in [0.3, 0.4) is 0 Å². The number of allylic oxidation sites excluding steroid dienone is 4. The molecular formula is C26H28N2O5S. The van der Waals surface area contributed by atoms with Crippen LogP contribution in [0.25, 0.3) is 5.57 Å². The second-order valence-corrected chi connectivity index (χ2v) is 9.84. The lowest BCUT2D eigenvalue weighted by Gasteiger charge is -2.11. The van der Waals surface area contributed by atoms with Gasteiger partial charge in [-0.1, -0.05) is 49.4 Å². The first kappa shape index (κ1) is 25.0. The molecule has 34 heavy (non-hydrogen) atoms. The molecular weight excluding hydrogens is 452 g/mol. The number of fused-ring (bicyclic) bond motifs is 1. The smallest absolute Gasteiger partial charge is 0.303 e. The molecule has 1 aliphatic rings. The predicted octanol–water partition coefficient (Wildman–Crippen LogP) is 4.65. The van der Waals surface area contributed by atoms with Crippen LogP contribution in [0.5, 0.6) is 0 Å². The zero-order chi connectivity index (χ0) is 24.7. The fourth-order valence-corrected chi connectivity index (χ4v) is 4.95.